The second-order valence-electron chi connectivity index (χ2n) is 5.53. The zero-order chi connectivity index (χ0) is 15.6. The first-order valence-corrected chi connectivity index (χ1v) is 8.00. The number of aliphatic hydroxyl groups excluding tert-OH is 1. The van der Waals surface area contributed by atoms with E-state index in [0.29, 0.717) is 13.0 Å². The minimum Gasteiger partial charge on any atom is -0.396 e. The van der Waals surface area contributed by atoms with Crippen LogP contribution in [0.5, 0.6) is 0 Å². The fraction of sp³-hybridized carbons (Fsp3) is 0.412. The topological polar surface area (TPSA) is 41.2 Å². The highest BCUT2D eigenvalue weighted by molar-refractivity contribution is 7.09. The number of hydrogen-bond acceptors (Lipinski definition) is 3. The molecule has 0 aliphatic rings. The normalized spacial score (nSPS) is 10.9. The monoisotopic (exact) mass is 304 g/mol. The highest BCUT2D eigenvalue weighted by atomic mass is 32.1. The Kier molecular flexibility index (Phi) is 4.91. The molecule has 0 atom stereocenters. The number of thiazole rings is 1. The van der Waals surface area contributed by atoms with Crippen molar-refractivity contribution >= 4 is 17.1 Å². The quantitative estimate of drug-likeness (QED) is 0.681. The first-order valence-electron chi connectivity index (χ1n) is 7.12. The maximum absolute atomic E-state index is 12.6. The number of ketones is 1. The molecule has 1 heterocycles. The Bertz CT molecular complexity index is 650. The van der Waals surface area contributed by atoms with Crippen molar-refractivity contribution in [3.8, 4) is 0 Å². The lowest BCUT2D eigenvalue weighted by molar-refractivity contribution is -0.684. The lowest BCUT2D eigenvalue weighted by Crippen LogP contribution is -2.39. The number of hydrogen-bond donors (Lipinski definition) is 1. The van der Waals surface area contributed by atoms with E-state index in [2.05, 4.69) is 12.1 Å². The molecule has 0 radical (unpaired) electrons. The number of aryl methyl sites for hydroxylation is 3. The molecule has 2 aromatic rings. The molecule has 0 aliphatic carbocycles. The van der Waals surface area contributed by atoms with Crippen molar-refractivity contribution in [2.45, 2.75) is 40.7 Å². The van der Waals surface area contributed by atoms with Crippen LogP contribution in [0.2, 0.25) is 0 Å². The van der Waals surface area contributed by atoms with E-state index in [-0.39, 0.29) is 12.4 Å². The molecule has 1 aromatic carbocycles. The van der Waals surface area contributed by atoms with Crippen molar-refractivity contribution in [2.24, 2.45) is 0 Å². The molecule has 0 amide bonds. The first kappa shape index (κ1) is 15.9. The third-order valence-corrected chi connectivity index (χ3v) is 4.91. The van der Waals surface area contributed by atoms with Gasteiger partial charge in [-0.15, -0.1) is 0 Å². The highest BCUT2D eigenvalue weighted by Gasteiger charge is 2.21. The Morgan fingerprint density at radius 2 is 1.81 bits per heavy atom. The molecule has 112 valence electrons. The number of nitrogens with zero attached hydrogens (tertiary/aromatic N) is 1. The summed E-state index contributed by atoms with van der Waals surface area (Å²) in [6.45, 7) is 8.55. The van der Waals surface area contributed by atoms with Crippen LogP contribution in [0.25, 0.3) is 0 Å². The van der Waals surface area contributed by atoms with Gasteiger partial charge >= 0.3 is 0 Å². The van der Waals surface area contributed by atoms with Crippen molar-refractivity contribution in [3.63, 3.8) is 0 Å². The zero-order valence-corrected chi connectivity index (χ0v) is 13.9. The maximum atomic E-state index is 12.6. The van der Waals surface area contributed by atoms with Crippen molar-refractivity contribution in [3.05, 3.63) is 50.5 Å². The lowest BCUT2D eigenvalue weighted by Gasteiger charge is -2.08. The van der Waals surface area contributed by atoms with E-state index in [1.807, 2.05) is 37.8 Å². The predicted molar refractivity (Wildman–Crippen MR) is 85.0 cm³/mol. The number of carbonyl (C=O) groups excluding carboxylic acids is 1. The largest absolute Gasteiger partial charge is 0.396 e. The summed E-state index contributed by atoms with van der Waals surface area (Å²) in [5.41, 5.74) is 7.15. The van der Waals surface area contributed by atoms with Crippen LogP contribution in [-0.2, 0) is 13.0 Å². The van der Waals surface area contributed by atoms with Gasteiger partial charge in [-0.05, 0) is 31.9 Å². The smallest absolute Gasteiger partial charge is 0.228 e. The van der Waals surface area contributed by atoms with Gasteiger partial charge in [0.15, 0.2) is 5.69 Å². The minimum absolute atomic E-state index is 0.144. The summed E-state index contributed by atoms with van der Waals surface area (Å²) in [5.74, 6) is 0.145. The van der Waals surface area contributed by atoms with Crippen LogP contribution in [0.3, 0.4) is 0 Å². The molecule has 0 aliphatic heterocycles. The number of aromatic nitrogens is 1. The van der Waals surface area contributed by atoms with Gasteiger partial charge in [0.1, 0.15) is 0 Å². The second kappa shape index (κ2) is 6.50. The average molecular weight is 304 g/mol. The van der Waals surface area contributed by atoms with Crippen LogP contribution in [0.1, 0.15) is 37.6 Å². The fourth-order valence-corrected chi connectivity index (χ4v) is 3.79. The molecule has 0 unspecified atom stereocenters. The van der Waals surface area contributed by atoms with Gasteiger partial charge in [-0.2, -0.15) is 4.57 Å². The van der Waals surface area contributed by atoms with Crippen LogP contribution in [0.4, 0.5) is 0 Å². The van der Waals surface area contributed by atoms with Crippen LogP contribution in [-0.4, -0.2) is 17.5 Å². The van der Waals surface area contributed by atoms with Gasteiger partial charge in [-0.3, -0.25) is 4.79 Å². The van der Waals surface area contributed by atoms with Crippen molar-refractivity contribution in [2.75, 3.05) is 6.61 Å². The third-order valence-electron chi connectivity index (χ3n) is 3.77. The molecule has 0 spiro atoms. The molecule has 21 heavy (non-hydrogen) atoms. The SMILES string of the molecule is Cc1cc(C)c(C(=O)C[n+]2csc(CCO)c2C)c(C)c1. The van der Waals surface area contributed by atoms with E-state index < -0.39 is 0 Å². The van der Waals surface area contributed by atoms with Gasteiger partial charge in [0.25, 0.3) is 0 Å². The van der Waals surface area contributed by atoms with Gasteiger partial charge in [0, 0.05) is 25.5 Å². The van der Waals surface area contributed by atoms with Crippen LogP contribution in [0.15, 0.2) is 17.6 Å². The van der Waals surface area contributed by atoms with E-state index in [0.717, 1.165) is 27.3 Å². The van der Waals surface area contributed by atoms with E-state index in [1.54, 1.807) is 11.3 Å². The van der Waals surface area contributed by atoms with E-state index in [9.17, 15) is 4.79 Å². The molecule has 0 saturated heterocycles. The molecule has 4 heteroatoms. The molecule has 0 bridgehead atoms. The molecule has 1 N–H and O–H groups in total. The summed E-state index contributed by atoms with van der Waals surface area (Å²) < 4.78 is 1.98. The predicted octanol–water partition coefficient (Wildman–Crippen LogP) is 2.69. The van der Waals surface area contributed by atoms with Crippen LogP contribution >= 0.6 is 11.3 Å². The summed E-state index contributed by atoms with van der Waals surface area (Å²) in [6, 6.07) is 4.12. The highest BCUT2D eigenvalue weighted by Crippen LogP contribution is 2.18. The Morgan fingerprint density at radius 3 is 2.38 bits per heavy atom. The van der Waals surface area contributed by atoms with E-state index in [4.69, 9.17) is 5.11 Å². The zero-order valence-electron chi connectivity index (χ0n) is 13.1. The number of benzene rings is 1. The number of Topliss-reactive ketones (excluding diaryl/α,β-unsaturated/α-hetero) is 1. The molecule has 0 fully saturated rings. The Hall–Kier alpha value is -1.52. The molecule has 2 rings (SSSR count). The van der Waals surface area contributed by atoms with Gasteiger partial charge in [-0.25, -0.2) is 0 Å². The molecular weight excluding hydrogens is 282 g/mol. The van der Waals surface area contributed by atoms with Crippen molar-refractivity contribution in [1.82, 2.24) is 0 Å². The summed E-state index contributed by atoms with van der Waals surface area (Å²) >= 11 is 1.60. The van der Waals surface area contributed by atoms with Gasteiger partial charge < -0.3 is 5.11 Å². The molecule has 0 saturated carbocycles. The van der Waals surface area contributed by atoms with Crippen molar-refractivity contribution < 1.29 is 14.5 Å². The standard InChI is InChI=1S/C17H22NO2S/c1-11-7-12(2)17(13(3)8-11)15(20)9-18-10-21-16(5-6-19)14(18)4/h7-8,10,19H,5-6,9H2,1-4H3/q+1. The van der Waals surface area contributed by atoms with Gasteiger partial charge in [0.2, 0.25) is 17.8 Å². The summed E-state index contributed by atoms with van der Waals surface area (Å²) in [6.07, 6.45) is 0.653. The lowest BCUT2D eigenvalue weighted by atomic mass is 9.96. The van der Waals surface area contributed by atoms with Crippen LogP contribution in [0, 0.1) is 27.7 Å². The fourth-order valence-electron chi connectivity index (χ4n) is 2.80. The maximum Gasteiger partial charge on any atom is 0.228 e. The second-order valence-corrected chi connectivity index (χ2v) is 6.47. The Balaban J connectivity index is 2.27. The summed E-state index contributed by atoms with van der Waals surface area (Å²) in [5, 5.41) is 9.04. The third kappa shape index (κ3) is 3.39. The average Bonchev–Trinajstić information content (AvgIpc) is 2.71. The summed E-state index contributed by atoms with van der Waals surface area (Å²) in [7, 11) is 0. The molecule has 3 nitrogen and oxygen atoms in total. The molecule has 1 aromatic heterocycles. The van der Waals surface area contributed by atoms with Crippen LogP contribution < -0.4 is 4.57 Å². The molecular formula is C17H22NO2S+. The first-order chi connectivity index (χ1) is 9.93. The number of aliphatic hydroxyl groups is 1. The Labute approximate surface area is 129 Å². The van der Waals surface area contributed by atoms with Gasteiger partial charge in [0.05, 0.1) is 4.88 Å². The van der Waals surface area contributed by atoms with Gasteiger partial charge in [-0.1, -0.05) is 29.0 Å². The number of carbonyl (C=O) groups is 1. The van der Waals surface area contributed by atoms with E-state index >= 15 is 0 Å². The van der Waals surface area contributed by atoms with Crippen molar-refractivity contribution in [1.29, 1.82) is 0 Å². The summed E-state index contributed by atoms with van der Waals surface area (Å²) in [4.78, 5) is 13.8. The minimum atomic E-state index is 0.144. The Morgan fingerprint density at radius 1 is 1.19 bits per heavy atom. The number of rotatable bonds is 5. The van der Waals surface area contributed by atoms with E-state index in [1.165, 1.54) is 5.56 Å².